The number of benzene rings is 1. The van der Waals surface area contributed by atoms with E-state index in [9.17, 15) is 13.6 Å². The van der Waals surface area contributed by atoms with Gasteiger partial charge in [-0.05, 0) is 19.1 Å². The van der Waals surface area contributed by atoms with Gasteiger partial charge >= 0.3 is 0 Å². The van der Waals surface area contributed by atoms with Crippen molar-refractivity contribution in [2.45, 2.75) is 13.2 Å². The molecular weight excluding hydrogens is 252 g/mol. The fourth-order valence-electron chi connectivity index (χ4n) is 1.26. The Kier molecular flexibility index (Phi) is 5.31. The molecule has 0 radical (unpaired) electrons. The molecule has 1 aromatic rings. The number of halogens is 3. The van der Waals surface area contributed by atoms with Crippen LogP contribution in [0, 0.1) is 11.6 Å². The molecule has 6 heteroatoms. The van der Waals surface area contributed by atoms with Crippen LogP contribution in [0.1, 0.15) is 17.3 Å². The summed E-state index contributed by atoms with van der Waals surface area (Å²) >= 11 is 5.53. The monoisotopic (exact) mass is 263 g/mol. The maximum atomic E-state index is 13.3. The van der Waals surface area contributed by atoms with Crippen LogP contribution in [0.2, 0.25) is 0 Å². The summed E-state index contributed by atoms with van der Waals surface area (Å²) in [6.07, 6.45) is -0.770. The largest absolute Gasteiger partial charge is 0.358 e. The van der Waals surface area contributed by atoms with Gasteiger partial charge in [0.1, 0.15) is 23.4 Å². The van der Waals surface area contributed by atoms with Crippen molar-refractivity contribution in [1.29, 1.82) is 0 Å². The first-order valence-electron chi connectivity index (χ1n) is 5.02. The predicted molar refractivity (Wildman–Crippen MR) is 60.0 cm³/mol. The van der Waals surface area contributed by atoms with E-state index in [0.717, 1.165) is 12.1 Å². The highest BCUT2D eigenvalue weighted by molar-refractivity contribution is 6.18. The summed E-state index contributed by atoms with van der Waals surface area (Å²) in [6, 6.07) is 3.20. The molecule has 3 nitrogen and oxygen atoms in total. The van der Waals surface area contributed by atoms with Gasteiger partial charge in [0.15, 0.2) is 0 Å². The van der Waals surface area contributed by atoms with Crippen molar-refractivity contribution in [2.75, 3.05) is 12.5 Å². The predicted octanol–water partition coefficient (Wildman–Crippen LogP) is 2.30. The lowest BCUT2D eigenvalue weighted by molar-refractivity contribution is 0.0463. The number of carbonyl (C=O) groups excluding carboxylic acids is 1. The first-order valence-corrected chi connectivity index (χ1v) is 5.56. The van der Waals surface area contributed by atoms with E-state index in [-0.39, 0.29) is 5.88 Å². The number of hydrogen-bond donors (Lipinski definition) is 1. The van der Waals surface area contributed by atoms with E-state index in [4.69, 9.17) is 16.3 Å². The van der Waals surface area contributed by atoms with E-state index < -0.39 is 29.3 Å². The van der Waals surface area contributed by atoms with E-state index in [0.29, 0.717) is 6.61 Å². The highest BCUT2D eigenvalue weighted by atomic mass is 35.5. The SMILES string of the molecule is CCOC(CCl)NC(=O)c1c(F)cccc1F. The van der Waals surface area contributed by atoms with E-state index in [1.807, 2.05) is 0 Å². The molecule has 94 valence electrons. The molecule has 0 aromatic heterocycles. The molecule has 1 atom stereocenters. The van der Waals surface area contributed by atoms with Crippen molar-refractivity contribution < 1.29 is 18.3 Å². The topological polar surface area (TPSA) is 38.3 Å². The zero-order valence-corrected chi connectivity index (χ0v) is 9.93. The van der Waals surface area contributed by atoms with Crippen LogP contribution in [0.5, 0.6) is 0 Å². The van der Waals surface area contributed by atoms with Gasteiger partial charge in [-0.25, -0.2) is 8.78 Å². The fraction of sp³-hybridized carbons (Fsp3) is 0.364. The normalized spacial score (nSPS) is 12.2. The molecule has 0 aliphatic carbocycles. The van der Waals surface area contributed by atoms with Crippen LogP contribution >= 0.6 is 11.6 Å². The van der Waals surface area contributed by atoms with Crippen molar-refractivity contribution >= 4 is 17.5 Å². The molecule has 0 aliphatic heterocycles. The summed E-state index contributed by atoms with van der Waals surface area (Å²) in [6.45, 7) is 2.05. The highest BCUT2D eigenvalue weighted by Gasteiger charge is 2.19. The fourth-order valence-corrected chi connectivity index (χ4v) is 1.43. The van der Waals surface area contributed by atoms with E-state index >= 15 is 0 Å². The zero-order valence-electron chi connectivity index (χ0n) is 9.17. The summed E-state index contributed by atoms with van der Waals surface area (Å²) in [5.74, 6) is -2.74. The van der Waals surface area contributed by atoms with Crippen molar-refractivity contribution in [3.8, 4) is 0 Å². The van der Waals surface area contributed by atoms with Gasteiger partial charge in [0.2, 0.25) is 0 Å². The van der Waals surface area contributed by atoms with Crippen LogP contribution in [-0.2, 0) is 4.74 Å². The maximum absolute atomic E-state index is 13.3. The van der Waals surface area contributed by atoms with Gasteiger partial charge in [-0.15, -0.1) is 11.6 Å². The molecule has 1 amide bonds. The third kappa shape index (κ3) is 3.64. The average molecular weight is 264 g/mol. The van der Waals surface area contributed by atoms with Crippen molar-refractivity contribution in [1.82, 2.24) is 5.32 Å². The molecule has 0 heterocycles. The molecular formula is C11H12ClF2NO2. The number of ether oxygens (including phenoxy) is 1. The van der Waals surface area contributed by atoms with Gasteiger partial charge in [-0.3, -0.25) is 4.79 Å². The Bertz CT molecular complexity index is 381. The number of amides is 1. The van der Waals surface area contributed by atoms with Crippen LogP contribution in [0.4, 0.5) is 8.78 Å². The molecule has 1 unspecified atom stereocenters. The van der Waals surface area contributed by atoms with E-state index in [1.54, 1.807) is 6.92 Å². The molecule has 1 aromatic carbocycles. The van der Waals surface area contributed by atoms with Crippen molar-refractivity contribution in [3.63, 3.8) is 0 Å². The lowest BCUT2D eigenvalue weighted by Gasteiger charge is -2.16. The Morgan fingerprint density at radius 3 is 2.53 bits per heavy atom. The Hall–Kier alpha value is -1.20. The Labute approximate surface area is 103 Å². The lowest BCUT2D eigenvalue weighted by atomic mass is 10.2. The van der Waals surface area contributed by atoms with Gasteiger partial charge in [-0.1, -0.05) is 6.07 Å². The summed E-state index contributed by atoms with van der Waals surface area (Å²) in [5.41, 5.74) is -0.637. The second-order valence-electron chi connectivity index (χ2n) is 3.17. The molecule has 0 spiro atoms. The molecule has 1 N–H and O–H groups in total. The van der Waals surface area contributed by atoms with Crippen LogP contribution in [0.3, 0.4) is 0 Å². The van der Waals surface area contributed by atoms with Gasteiger partial charge in [-0.2, -0.15) is 0 Å². The van der Waals surface area contributed by atoms with Crippen LogP contribution in [0.15, 0.2) is 18.2 Å². The minimum Gasteiger partial charge on any atom is -0.358 e. The summed E-state index contributed by atoms with van der Waals surface area (Å²) in [5, 5.41) is 2.29. The Morgan fingerprint density at radius 1 is 1.47 bits per heavy atom. The molecule has 17 heavy (non-hydrogen) atoms. The van der Waals surface area contributed by atoms with Gasteiger partial charge in [0.25, 0.3) is 5.91 Å². The van der Waals surface area contributed by atoms with Crippen LogP contribution in [0.25, 0.3) is 0 Å². The van der Waals surface area contributed by atoms with Crippen molar-refractivity contribution in [3.05, 3.63) is 35.4 Å². The number of alkyl halides is 1. The number of nitrogens with one attached hydrogen (secondary N) is 1. The Balaban J connectivity index is 2.82. The maximum Gasteiger partial charge on any atom is 0.259 e. The number of rotatable bonds is 5. The minimum atomic E-state index is -0.924. The smallest absolute Gasteiger partial charge is 0.259 e. The highest BCUT2D eigenvalue weighted by Crippen LogP contribution is 2.12. The van der Waals surface area contributed by atoms with E-state index in [1.165, 1.54) is 6.07 Å². The quantitative estimate of drug-likeness (QED) is 0.654. The van der Waals surface area contributed by atoms with Gasteiger partial charge in [0.05, 0.1) is 5.88 Å². The summed E-state index contributed by atoms with van der Waals surface area (Å²) < 4.78 is 31.6. The molecule has 0 aliphatic rings. The van der Waals surface area contributed by atoms with E-state index in [2.05, 4.69) is 5.32 Å². The molecule has 0 fully saturated rings. The average Bonchev–Trinajstić information content (AvgIpc) is 2.28. The third-order valence-corrected chi connectivity index (χ3v) is 2.27. The molecule has 0 saturated carbocycles. The molecule has 0 saturated heterocycles. The third-order valence-electron chi connectivity index (χ3n) is 1.99. The minimum absolute atomic E-state index is 0.00431. The zero-order chi connectivity index (χ0) is 12.8. The second kappa shape index (κ2) is 6.51. The van der Waals surface area contributed by atoms with Gasteiger partial charge in [0, 0.05) is 6.61 Å². The standard InChI is InChI=1S/C11H12ClF2NO2/c1-2-17-9(6-12)15-11(16)10-7(13)4-3-5-8(10)14/h3-5,9H,2,6H2,1H3,(H,15,16). The number of hydrogen-bond acceptors (Lipinski definition) is 2. The Morgan fingerprint density at radius 2 is 2.06 bits per heavy atom. The lowest BCUT2D eigenvalue weighted by Crippen LogP contribution is -2.39. The molecule has 1 rings (SSSR count). The summed E-state index contributed by atoms with van der Waals surface area (Å²) in [4.78, 5) is 11.6. The second-order valence-corrected chi connectivity index (χ2v) is 3.48. The first kappa shape index (κ1) is 13.9. The summed E-state index contributed by atoms with van der Waals surface area (Å²) in [7, 11) is 0. The van der Waals surface area contributed by atoms with Crippen molar-refractivity contribution in [2.24, 2.45) is 0 Å². The molecule has 0 bridgehead atoms. The van der Waals surface area contributed by atoms with Crippen LogP contribution < -0.4 is 5.32 Å². The first-order chi connectivity index (χ1) is 8.10. The van der Waals surface area contributed by atoms with Crippen LogP contribution in [-0.4, -0.2) is 24.6 Å². The van der Waals surface area contributed by atoms with Gasteiger partial charge < -0.3 is 10.1 Å². The number of carbonyl (C=O) groups is 1.